The van der Waals surface area contributed by atoms with Crippen LogP contribution in [0.4, 0.5) is 5.69 Å². The molecule has 0 bridgehead atoms. The van der Waals surface area contributed by atoms with Crippen LogP contribution in [0.1, 0.15) is 36.0 Å². The zero-order chi connectivity index (χ0) is 15.4. The van der Waals surface area contributed by atoms with Crippen molar-refractivity contribution in [1.82, 2.24) is 0 Å². The lowest BCUT2D eigenvalue weighted by molar-refractivity contribution is 0.0203. The quantitative estimate of drug-likeness (QED) is 0.683. The molecular weight excluding hydrogens is 294 g/mol. The fourth-order valence-electron chi connectivity index (χ4n) is 2.59. The molecule has 1 aromatic rings. The van der Waals surface area contributed by atoms with E-state index >= 15 is 0 Å². The van der Waals surface area contributed by atoms with Gasteiger partial charge in [0, 0.05) is 19.2 Å². The Balaban J connectivity index is 2.24. The summed E-state index contributed by atoms with van der Waals surface area (Å²) in [5.41, 5.74) is 6.38. The highest BCUT2D eigenvalue weighted by Gasteiger charge is 2.26. The van der Waals surface area contributed by atoms with Crippen molar-refractivity contribution in [1.29, 1.82) is 0 Å². The number of ether oxygens (including phenoxy) is 3. The standard InChI is InChI=1S/C15H20ClNO4/c1-19-10-4-3-5-11(8-10)21-14-12(15(18)20-2)6-9(17)7-13(14)16/h6-7,10-11H,3-5,8,17H2,1-2H3. The monoisotopic (exact) mass is 313 g/mol. The zero-order valence-electron chi connectivity index (χ0n) is 12.2. The molecule has 2 atom stereocenters. The molecular formula is C15H20ClNO4. The van der Waals surface area contributed by atoms with E-state index in [4.69, 9.17) is 31.5 Å². The van der Waals surface area contributed by atoms with E-state index in [2.05, 4.69) is 0 Å². The second kappa shape index (κ2) is 7.00. The molecule has 5 nitrogen and oxygen atoms in total. The summed E-state index contributed by atoms with van der Waals surface area (Å²) in [6.07, 6.45) is 3.86. The van der Waals surface area contributed by atoms with Gasteiger partial charge in [0.2, 0.25) is 0 Å². The molecule has 0 amide bonds. The number of halogens is 1. The van der Waals surface area contributed by atoms with Gasteiger partial charge in [-0.3, -0.25) is 0 Å². The highest BCUT2D eigenvalue weighted by molar-refractivity contribution is 6.33. The Hall–Kier alpha value is -1.46. The zero-order valence-corrected chi connectivity index (χ0v) is 13.0. The van der Waals surface area contributed by atoms with Crippen LogP contribution in [0.5, 0.6) is 5.75 Å². The van der Waals surface area contributed by atoms with Gasteiger partial charge in [-0.15, -0.1) is 0 Å². The van der Waals surface area contributed by atoms with E-state index in [-0.39, 0.29) is 17.8 Å². The Labute approximate surface area is 129 Å². The molecule has 0 heterocycles. The average molecular weight is 314 g/mol. The van der Waals surface area contributed by atoms with Gasteiger partial charge in [0.1, 0.15) is 11.7 Å². The third-order valence-corrected chi connectivity index (χ3v) is 3.95. The molecule has 2 unspecified atom stereocenters. The Kier molecular flexibility index (Phi) is 5.31. The molecule has 0 aromatic heterocycles. The molecule has 116 valence electrons. The molecule has 1 fully saturated rings. The summed E-state index contributed by atoms with van der Waals surface area (Å²) in [5.74, 6) is -0.183. The smallest absolute Gasteiger partial charge is 0.341 e. The van der Waals surface area contributed by atoms with Crippen LogP contribution < -0.4 is 10.5 Å². The topological polar surface area (TPSA) is 70.8 Å². The first-order valence-electron chi connectivity index (χ1n) is 6.92. The van der Waals surface area contributed by atoms with Gasteiger partial charge in [-0.2, -0.15) is 0 Å². The molecule has 2 rings (SSSR count). The highest BCUT2D eigenvalue weighted by Crippen LogP contribution is 2.35. The number of hydrogen-bond acceptors (Lipinski definition) is 5. The summed E-state index contributed by atoms with van der Waals surface area (Å²) in [4.78, 5) is 11.9. The van der Waals surface area contributed by atoms with Crippen molar-refractivity contribution in [2.75, 3.05) is 20.0 Å². The lowest BCUT2D eigenvalue weighted by Crippen LogP contribution is -2.30. The maximum atomic E-state index is 11.9. The highest BCUT2D eigenvalue weighted by atomic mass is 35.5. The number of esters is 1. The Morgan fingerprint density at radius 3 is 2.67 bits per heavy atom. The van der Waals surface area contributed by atoms with E-state index in [9.17, 15) is 4.79 Å². The van der Waals surface area contributed by atoms with Gasteiger partial charge in [0.25, 0.3) is 0 Å². The van der Waals surface area contributed by atoms with Gasteiger partial charge < -0.3 is 19.9 Å². The van der Waals surface area contributed by atoms with Gasteiger partial charge in [-0.05, 0) is 31.4 Å². The van der Waals surface area contributed by atoms with Crippen molar-refractivity contribution >= 4 is 23.3 Å². The van der Waals surface area contributed by atoms with Crippen LogP contribution in [0, 0.1) is 0 Å². The molecule has 1 aromatic carbocycles. The number of nitrogens with two attached hydrogens (primary N) is 1. The van der Waals surface area contributed by atoms with Crippen molar-refractivity contribution in [3.63, 3.8) is 0 Å². The van der Waals surface area contributed by atoms with Crippen LogP contribution in [0.3, 0.4) is 0 Å². The lowest BCUT2D eigenvalue weighted by Gasteiger charge is -2.29. The van der Waals surface area contributed by atoms with E-state index < -0.39 is 5.97 Å². The van der Waals surface area contributed by atoms with E-state index in [0.29, 0.717) is 16.5 Å². The first-order chi connectivity index (χ1) is 10.0. The molecule has 0 saturated heterocycles. The molecule has 6 heteroatoms. The minimum Gasteiger partial charge on any atom is -0.488 e. The van der Waals surface area contributed by atoms with Gasteiger partial charge >= 0.3 is 5.97 Å². The van der Waals surface area contributed by atoms with Gasteiger partial charge in [-0.25, -0.2) is 4.79 Å². The Morgan fingerprint density at radius 1 is 1.29 bits per heavy atom. The first kappa shape index (κ1) is 15.9. The van der Waals surface area contributed by atoms with Crippen molar-refractivity contribution in [2.24, 2.45) is 0 Å². The van der Waals surface area contributed by atoms with Crippen LogP contribution in [0.2, 0.25) is 5.02 Å². The summed E-state index contributed by atoms with van der Waals surface area (Å²) in [6.45, 7) is 0. The third-order valence-electron chi connectivity index (χ3n) is 3.67. The van der Waals surface area contributed by atoms with E-state index in [1.807, 2.05) is 0 Å². The van der Waals surface area contributed by atoms with Crippen molar-refractivity contribution in [3.8, 4) is 5.75 Å². The number of hydrogen-bond donors (Lipinski definition) is 1. The fraction of sp³-hybridized carbons (Fsp3) is 0.533. The number of nitrogen functional groups attached to an aromatic ring is 1. The number of benzene rings is 1. The minimum atomic E-state index is -0.515. The van der Waals surface area contributed by atoms with Crippen LogP contribution in [-0.2, 0) is 9.47 Å². The maximum absolute atomic E-state index is 11.9. The Morgan fingerprint density at radius 2 is 2.00 bits per heavy atom. The number of carbonyl (C=O) groups excluding carboxylic acids is 1. The molecule has 1 aliphatic carbocycles. The summed E-state index contributed by atoms with van der Waals surface area (Å²) in [5, 5.41) is 0.315. The van der Waals surface area contributed by atoms with Crippen molar-refractivity contribution in [2.45, 2.75) is 37.9 Å². The molecule has 0 radical (unpaired) electrons. The Bertz CT molecular complexity index is 521. The number of rotatable bonds is 4. The molecule has 21 heavy (non-hydrogen) atoms. The third kappa shape index (κ3) is 3.80. The second-order valence-corrected chi connectivity index (χ2v) is 5.54. The van der Waals surface area contributed by atoms with E-state index in [0.717, 1.165) is 25.7 Å². The SMILES string of the molecule is COC(=O)c1cc(N)cc(Cl)c1OC1CCCC(OC)C1. The maximum Gasteiger partial charge on any atom is 0.341 e. The fourth-order valence-corrected chi connectivity index (χ4v) is 2.86. The van der Waals surface area contributed by atoms with Gasteiger partial charge in [-0.1, -0.05) is 11.6 Å². The summed E-state index contributed by atoms with van der Waals surface area (Å²) in [6, 6.07) is 3.09. The van der Waals surface area contributed by atoms with Gasteiger partial charge in [0.05, 0.1) is 18.2 Å². The van der Waals surface area contributed by atoms with Crippen LogP contribution in [0.25, 0.3) is 0 Å². The summed E-state index contributed by atoms with van der Waals surface area (Å²) in [7, 11) is 3.01. The van der Waals surface area contributed by atoms with Crippen LogP contribution in [0.15, 0.2) is 12.1 Å². The molecule has 2 N–H and O–H groups in total. The number of methoxy groups -OCH3 is 2. The van der Waals surface area contributed by atoms with Crippen molar-refractivity contribution in [3.05, 3.63) is 22.7 Å². The van der Waals surface area contributed by atoms with Crippen molar-refractivity contribution < 1.29 is 19.0 Å². The second-order valence-electron chi connectivity index (χ2n) is 5.14. The normalized spacial score (nSPS) is 21.9. The molecule has 0 aliphatic heterocycles. The summed E-state index contributed by atoms with van der Waals surface area (Å²) < 4.78 is 16.1. The predicted octanol–water partition coefficient (Wildman–Crippen LogP) is 3.05. The van der Waals surface area contributed by atoms with Crippen LogP contribution in [-0.4, -0.2) is 32.4 Å². The minimum absolute atomic E-state index is 0.0340. The number of anilines is 1. The first-order valence-corrected chi connectivity index (χ1v) is 7.29. The molecule has 1 aliphatic rings. The predicted molar refractivity (Wildman–Crippen MR) is 80.9 cm³/mol. The summed E-state index contributed by atoms with van der Waals surface area (Å²) >= 11 is 6.18. The average Bonchev–Trinajstić information content (AvgIpc) is 2.49. The van der Waals surface area contributed by atoms with E-state index in [1.54, 1.807) is 13.2 Å². The van der Waals surface area contributed by atoms with Gasteiger partial charge in [0.15, 0.2) is 5.75 Å². The molecule has 1 saturated carbocycles. The lowest BCUT2D eigenvalue weighted by atomic mass is 9.95. The van der Waals surface area contributed by atoms with Crippen LogP contribution >= 0.6 is 11.6 Å². The largest absolute Gasteiger partial charge is 0.488 e. The molecule has 0 spiro atoms. The number of carbonyl (C=O) groups is 1. The van der Waals surface area contributed by atoms with E-state index in [1.165, 1.54) is 13.2 Å².